The van der Waals surface area contributed by atoms with Crippen LogP contribution in [0.15, 0.2) is 133 Å². The van der Waals surface area contributed by atoms with Gasteiger partial charge in [0.05, 0.1) is 22.2 Å². The molecule has 0 amide bonds. The second-order valence-corrected chi connectivity index (χ2v) is 10.9. The van der Waals surface area contributed by atoms with E-state index in [4.69, 9.17) is 0 Å². The number of nitrogens with zero attached hydrogens (tertiary/aromatic N) is 3. The molecule has 0 unspecified atom stereocenters. The molecule has 4 heteroatoms. The van der Waals surface area contributed by atoms with Crippen LogP contribution >= 0.6 is 0 Å². The zero-order valence-electron chi connectivity index (χ0n) is 21.6. The van der Waals surface area contributed by atoms with Gasteiger partial charge in [-0.3, -0.25) is 0 Å². The normalized spacial score (nSPS) is 13.4. The molecule has 2 aromatic heterocycles. The van der Waals surface area contributed by atoms with Gasteiger partial charge in [0.1, 0.15) is 0 Å². The summed E-state index contributed by atoms with van der Waals surface area (Å²) < 4.78 is 5.00. The number of anilines is 2. The van der Waals surface area contributed by atoms with Gasteiger partial charge in [0.2, 0.25) is 0 Å². The maximum atomic E-state index is 2.58. The van der Waals surface area contributed by atoms with E-state index in [1.54, 1.807) is 0 Å². The molecule has 0 N–H and O–H groups in total. The average molecular weight is 507 g/mol. The third kappa shape index (κ3) is 2.35. The van der Waals surface area contributed by atoms with Crippen LogP contribution in [0.2, 0.25) is 0 Å². The van der Waals surface area contributed by atoms with Gasteiger partial charge in [-0.1, -0.05) is 91.0 Å². The topological polar surface area (TPSA) is 13.1 Å². The first-order chi connectivity index (χ1) is 19.9. The fourth-order valence-electron chi connectivity index (χ4n) is 7.60. The Morgan fingerprint density at radius 1 is 0.475 bits per heavy atom. The fourth-order valence-corrected chi connectivity index (χ4v) is 7.60. The van der Waals surface area contributed by atoms with Crippen molar-refractivity contribution in [1.82, 2.24) is 9.05 Å². The van der Waals surface area contributed by atoms with E-state index in [0.29, 0.717) is 0 Å². The lowest BCUT2D eigenvalue weighted by Gasteiger charge is -2.35. The van der Waals surface area contributed by atoms with Gasteiger partial charge >= 0.3 is 6.98 Å². The zero-order chi connectivity index (χ0) is 25.9. The van der Waals surface area contributed by atoms with Gasteiger partial charge < -0.3 is 13.9 Å². The molecular formula is C36H22BN3. The minimum Gasteiger partial charge on any atom is -0.359 e. The molecule has 0 radical (unpaired) electrons. The Morgan fingerprint density at radius 2 is 1.18 bits per heavy atom. The summed E-state index contributed by atoms with van der Waals surface area (Å²) in [5, 5.41) is 5.26. The van der Waals surface area contributed by atoms with Gasteiger partial charge in [0, 0.05) is 44.0 Å². The SMILES string of the molecule is c1ccc(-n2c3ccccc3c3c4c(ccc32)B2N(c3ccccc3-4)c3cccc4c5ccccc5n2c34)cc1. The number of hydrogen-bond donors (Lipinski definition) is 0. The zero-order valence-corrected chi connectivity index (χ0v) is 21.6. The Labute approximate surface area is 231 Å². The summed E-state index contributed by atoms with van der Waals surface area (Å²) in [6.07, 6.45) is 0. The van der Waals surface area contributed by atoms with Crippen molar-refractivity contribution in [2.75, 3.05) is 4.81 Å². The second-order valence-electron chi connectivity index (χ2n) is 10.9. The van der Waals surface area contributed by atoms with Gasteiger partial charge in [-0.05, 0) is 53.5 Å². The number of rotatable bonds is 1. The highest BCUT2D eigenvalue weighted by atomic mass is 15.2. The lowest BCUT2D eigenvalue weighted by atomic mass is 9.60. The molecule has 0 aliphatic carbocycles. The first-order valence-electron chi connectivity index (χ1n) is 13.9. The summed E-state index contributed by atoms with van der Waals surface area (Å²) in [6, 6.07) is 49.0. The molecule has 2 aliphatic rings. The van der Waals surface area contributed by atoms with Crippen LogP contribution in [-0.4, -0.2) is 16.0 Å². The van der Waals surface area contributed by atoms with Crippen LogP contribution in [0.4, 0.5) is 11.4 Å². The van der Waals surface area contributed by atoms with Crippen molar-refractivity contribution in [2.24, 2.45) is 0 Å². The van der Waals surface area contributed by atoms with E-state index < -0.39 is 0 Å². The predicted octanol–water partition coefficient (Wildman–Crippen LogP) is 8.27. The van der Waals surface area contributed by atoms with Crippen LogP contribution < -0.4 is 10.3 Å². The Balaban J connectivity index is 1.40. The van der Waals surface area contributed by atoms with E-state index in [-0.39, 0.29) is 6.98 Å². The van der Waals surface area contributed by atoms with Crippen LogP contribution in [0.5, 0.6) is 0 Å². The molecule has 8 aromatic rings. The van der Waals surface area contributed by atoms with E-state index in [1.807, 2.05) is 0 Å². The Kier molecular flexibility index (Phi) is 3.75. The smallest absolute Gasteiger partial charge is 0.359 e. The third-order valence-electron chi connectivity index (χ3n) is 9.05. The number of benzene rings is 6. The van der Waals surface area contributed by atoms with Crippen LogP contribution in [0, 0.1) is 0 Å². The molecule has 0 spiro atoms. The van der Waals surface area contributed by atoms with E-state index in [0.717, 1.165) is 0 Å². The maximum absolute atomic E-state index is 2.58. The summed E-state index contributed by atoms with van der Waals surface area (Å²) in [6.45, 7) is 0.0490. The average Bonchev–Trinajstić information content (AvgIpc) is 3.67. The van der Waals surface area contributed by atoms with Crippen LogP contribution in [0.25, 0.3) is 60.4 Å². The highest BCUT2D eigenvalue weighted by molar-refractivity contribution is 6.83. The number of fused-ring (bicyclic) bond motifs is 15. The van der Waals surface area contributed by atoms with Crippen molar-refractivity contribution in [2.45, 2.75) is 0 Å². The molecule has 0 saturated carbocycles. The molecule has 0 bridgehead atoms. The van der Waals surface area contributed by atoms with Gasteiger partial charge in [-0.2, -0.15) is 0 Å². The fraction of sp³-hybridized carbons (Fsp3) is 0. The number of aromatic nitrogens is 2. The maximum Gasteiger partial charge on any atom is 0.421 e. The Hall–Kier alpha value is -5.22. The molecule has 10 rings (SSSR count). The van der Waals surface area contributed by atoms with Crippen molar-refractivity contribution < 1.29 is 0 Å². The second kappa shape index (κ2) is 7.25. The molecular weight excluding hydrogens is 485 g/mol. The van der Waals surface area contributed by atoms with Crippen molar-refractivity contribution in [3.63, 3.8) is 0 Å². The minimum atomic E-state index is 0.0490. The Morgan fingerprint density at radius 3 is 2.08 bits per heavy atom. The van der Waals surface area contributed by atoms with E-state index in [2.05, 4.69) is 147 Å². The summed E-state index contributed by atoms with van der Waals surface area (Å²) >= 11 is 0. The minimum absolute atomic E-state index is 0.0490. The highest BCUT2D eigenvalue weighted by Gasteiger charge is 2.45. The van der Waals surface area contributed by atoms with Crippen LogP contribution in [0.3, 0.4) is 0 Å². The highest BCUT2D eigenvalue weighted by Crippen LogP contribution is 2.51. The van der Waals surface area contributed by atoms with E-state index >= 15 is 0 Å². The summed E-state index contributed by atoms with van der Waals surface area (Å²) in [7, 11) is 0. The number of para-hydroxylation sites is 5. The Bertz CT molecular complexity index is 2340. The molecule has 0 atom stereocenters. The van der Waals surface area contributed by atoms with Crippen molar-refractivity contribution in [1.29, 1.82) is 0 Å². The van der Waals surface area contributed by atoms with Gasteiger partial charge in [0.25, 0.3) is 0 Å². The lowest BCUT2D eigenvalue weighted by molar-refractivity contribution is 1.18. The molecule has 3 nitrogen and oxygen atoms in total. The molecule has 6 aromatic carbocycles. The van der Waals surface area contributed by atoms with Gasteiger partial charge in [-0.25, -0.2) is 0 Å². The van der Waals surface area contributed by atoms with Crippen molar-refractivity contribution in [3.8, 4) is 16.8 Å². The standard InChI is InChI=1S/C36H22BN3/c1-2-11-23(12-3-1)38-29-17-7-5-14-26(29)35-32(38)22-21-28-34(35)27-15-6-9-19-31(27)39-33-20-10-16-25-24-13-4-8-18-30(24)40(36(25)33)37(28)39/h1-22H. The summed E-state index contributed by atoms with van der Waals surface area (Å²) in [4.78, 5) is 2.56. The lowest BCUT2D eigenvalue weighted by Crippen LogP contribution is -2.51. The van der Waals surface area contributed by atoms with E-state index in [9.17, 15) is 0 Å². The number of hydrogen-bond acceptors (Lipinski definition) is 1. The summed E-state index contributed by atoms with van der Waals surface area (Å²) in [5.74, 6) is 0. The molecule has 2 aliphatic heterocycles. The third-order valence-corrected chi connectivity index (χ3v) is 9.05. The predicted molar refractivity (Wildman–Crippen MR) is 169 cm³/mol. The van der Waals surface area contributed by atoms with Crippen LogP contribution in [-0.2, 0) is 0 Å². The largest absolute Gasteiger partial charge is 0.421 e. The van der Waals surface area contributed by atoms with Crippen molar-refractivity contribution >= 4 is 67.4 Å². The monoisotopic (exact) mass is 507 g/mol. The molecule has 0 fully saturated rings. The summed E-state index contributed by atoms with van der Waals surface area (Å²) in [5.41, 5.74) is 12.8. The molecule has 40 heavy (non-hydrogen) atoms. The van der Waals surface area contributed by atoms with E-state index in [1.165, 1.54) is 77.3 Å². The van der Waals surface area contributed by atoms with Gasteiger partial charge in [0.15, 0.2) is 0 Å². The quantitative estimate of drug-likeness (QED) is 0.204. The molecule has 4 heterocycles. The van der Waals surface area contributed by atoms with Crippen LogP contribution in [0.1, 0.15) is 0 Å². The molecule has 184 valence electrons. The molecule has 0 saturated heterocycles. The van der Waals surface area contributed by atoms with Gasteiger partial charge in [-0.15, -0.1) is 0 Å². The first kappa shape index (κ1) is 20.7. The van der Waals surface area contributed by atoms with Crippen molar-refractivity contribution in [3.05, 3.63) is 133 Å². The first-order valence-corrected chi connectivity index (χ1v) is 13.9.